The molecule has 9 rings (SSSR count). The first kappa shape index (κ1) is 33.9. The molecule has 1 unspecified atom stereocenters. The van der Waals surface area contributed by atoms with Gasteiger partial charge < -0.3 is 14.2 Å². The average molecular weight is 744 g/mol. The van der Waals surface area contributed by atoms with Gasteiger partial charge in [0.25, 0.3) is 5.89 Å². The number of halogens is 4. The van der Waals surface area contributed by atoms with Crippen molar-refractivity contribution in [2.24, 2.45) is 0 Å². The summed E-state index contributed by atoms with van der Waals surface area (Å²) in [5.74, 6) is -0.509. The molecule has 6 heterocycles. The third-order valence-corrected chi connectivity index (χ3v) is 11.3. The van der Waals surface area contributed by atoms with Crippen LogP contribution in [0.2, 0.25) is 5.02 Å². The van der Waals surface area contributed by atoms with Gasteiger partial charge in [0, 0.05) is 48.3 Å². The number of rotatable bonds is 9. The molecule has 1 amide bonds. The first-order chi connectivity index (χ1) is 25.7. The summed E-state index contributed by atoms with van der Waals surface area (Å²) in [6.07, 6.45) is 7.14. The molecule has 4 aliphatic rings. The van der Waals surface area contributed by atoms with Crippen LogP contribution in [-0.2, 0) is 4.79 Å². The summed E-state index contributed by atoms with van der Waals surface area (Å²) in [5, 5.41) is 6.15. The molecule has 11 nitrogen and oxygen atoms in total. The van der Waals surface area contributed by atoms with Crippen LogP contribution in [-0.4, -0.2) is 104 Å². The summed E-state index contributed by atoms with van der Waals surface area (Å²) in [6, 6.07) is 10.7. The fourth-order valence-electron chi connectivity index (χ4n) is 8.08. The van der Waals surface area contributed by atoms with E-state index in [0.717, 1.165) is 24.8 Å². The molecule has 2 aromatic carbocycles. The van der Waals surface area contributed by atoms with Crippen molar-refractivity contribution in [3.05, 3.63) is 71.2 Å². The van der Waals surface area contributed by atoms with E-state index in [9.17, 15) is 13.6 Å². The van der Waals surface area contributed by atoms with Gasteiger partial charge in [0.05, 0.1) is 35.4 Å². The summed E-state index contributed by atoms with van der Waals surface area (Å²) in [7, 11) is 1.82. The van der Waals surface area contributed by atoms with E-state index in [1.807, 2.05) is 36.2 Å². The van der Waals surface area contributed by atoms with E-state index in [1.165, 1.54) is 12.2 Å². The largest absolute Gasteiger partial charge is 0.461 e. The van der Waals surface area contributed by atoms with E-state index in [-0.39, 0.29) is 47.6 Å². The van der Waals surface area contributed by atoms with Crippen LogP contribution >= 0.6 is 11.6 Å². The molecule has 3 aliphatic heterocycles. The number of hydrogen-bond donors (Lipinski definition) is 0. The van der Waals surface area contributed by atoms with Crippen LogP contribution in [0, 0.1) is 5.82 Å². The molecule has 3 aromatic heterocycles. The number of pyridine rings is 1. The molecule has 5 aromatic rings. The zero-order valence-corrected chi connectivity index (χ0v) is 29.5. The van der Waals surface area contributed by atoms with Gasteiger partial charge in [-0.25, -0.2) is 18.0 Å². The Hall–Kier alpha value is -4.95. The first-order valence-electron chi connectivity index (χ1n) is 17.8. The second-order valence-corrected chi connectivity index (χ2v) is 14.8. The molecule has 1 aliphatic carbocycles. The Morgan fingerprint density at radius 2 is 2.04 bits per heavy atom. The highest BCUT2D eigenvalue weighted by atomic mass is 35.5. The normalized spacial score (nSPS) is 25.4. The lowest BCUT2D eigenvalue weighted by Gasteiger charge is -2.31. The molecule has 0 bridgehead atoms. The lowest BCUT2D eigenvalue weighted by Crippen LogP contribution is -2.43. The van der Waals surface area contributed by atoms with Gasteiger partial charge in [-0.3, -0.25) is 9.88 Å². The Morgan fingerprint density at radius 3 is 2.87 bits per heavy atom. The minimum absolute atomic E-state index is 0.0172. The second-order valence-electron chi connectivity index (χ2n) is 14.4. The summed E-state index contributed by atoms with van der Waals surface area (Å²) in [4.78, 5) is 35.3. The lowest BCUT2D eigenvalue weighted by atomic mass is 9.95. The first-order valence-corrected chi connectivity index (χ1v) is 18.1. The van der Waals surface area contributed by atoms with Crippen LogP contribution in [0.5, 0.6) is 6.01 Å². The Bertz CT molecular complexity index is 2330. The Balaban J connectivity index is 1.03. The van der Waals surface area contributed by atoms with E-state index in [0.29, 0.717) is 65.4 Å². The number of aromatic nitrogens is 5. The zero-order valence-electron chi connectivity index (χ0n) is 28.8. The lowest BCUT2D eigenvalue weighted by molar-refractivity contribution is -0.433. The van der Waals surface area contributed by atoms with Gasteiger partial charge in [-0.15, -0.1) is 0 Å². The molecule has 272 valence electrons. The summed E-state index contributed by atoms with van der Waals surface area (Å²) in [5.41, 5.74) is 0.158. The van der Waals surface area contributed by atoms with Crippen molar-refractivity contribution in [1.82, 2.24) is 30.0 Å². The number of hydrogen-bond acceptors (Lipinski definition) is 10. The third kappa shape index (κ3) is 6.11. The van der Waals surface area contributed by atoms with Crippen molar-refractivity contribution in [2.75, 3.05) is 38.2 Å². The van der Waals surface area contributed by atoms with E-state index in [2.05, 4.69) is 25.0 Å². The van der Waals surface area contributed by atoms with Crippen LogP contribution in [0.3, 0.4) is 0 Å². The third-order valence-electron chi connectivity index (χ3n) is 11.0. The topological polar surface area (TPSA) is 113 Å². The van der Waals surface area contributed by atoms with Crippen molar-refractivity contribution < 1.29 is 31.8 Å². The number of carbonyl (C=O) groups is 1. The number of amides is 1. The molecule has 1 saturated carbocycles. The average Bonchev–Trinajstić information content (AvgIpc) is 3.63. The van der Waals surface area contributed by atoms with Crippen molar-refractivity contribution in [1.29, 1.82) is 0 Å². The number of nitrogens with zero attached hydrogens (tertiary/aromatic N) is 8. The molecule has 0 spiro atoms. The number of fused-ring (bicyclic) bond motifs is 3. The molecule has 15 heteroatoms. The molecule has 53 heavy (non-hydrogen) atoms. The van der Waals surface area contributed by atoms with Crippen LogP contribution in [0.4, 0.5) is 19.0 Å². The number of benzene rings is 2. The fraction of sp³-hybridized carbons (Fsp3) is 0.395. The van der Waals surface area contributed by atoms with Crippen LogP contribution in [0.1, 0.15) is 49.7 Å². The molecule has 2 saturated heterocycles. The van der Waals surface area contributed by atoms with Crippen molar-refractivity contribution in [3.8, 4) is 17.3 Å². The van der Waals surface area contributed by atoms with Crippen LogP contribution in [0.25, 0.3) is 39.0 Å². The smallest absolute Gasteiger partial charge is 0.412 e. The number of likely N-dealkylation sites (N-methyl/N-ethyl adjacent to an activating group) is 1. The van der Waals surface area contributed by atoms with E-state index >= 15 is 4.39 Å². The number of ether oxygens (including phenoxy) is 1. The molecule has 5 atom stereocenters. The fourth-order valence-corrected chi connectivity index (χ4v) is 8.36. The standard InChI is InChI=1S/C38H35ClF3N8O3/c1-48(23-11-14-49(19-23)30(51)10-9-29-44-35(47-53-29)25-15-28(25)41)36-26-17-43-33(24-7-2-5-21-6-3-8-27(39)31(21)24)32(42)34(26)45-37(46-36)52-20-38-12-4-13-50(38)18-22(40)16-38/h2-3,5-10,14,17,22-23,25,28H,4,11-13,15-16,18-20H2,1H3/q+1/b10-9+/t22-,23-,25+,28+,38?/m1/s1. The van der Waals surface area contributed by atoms with Crippen molar-refractivity contribution in [2.45, 2.75) is 61.9 Å². The maximum absolute atomic E-state index is 16.9. The minimum Gasteiger partial charge on any atom is -0.461 e. The maximum Gasteiger partial charge on any atom is 0.412 e. The van der Waals surface area contributed by atoms with E-state index in [1.54, 1.807) is 29.1 Å². The van der Waals surface area contributed by atoms with Gasteiger partial charge in [-0.2, -0.15) is 19.5 Å². The molecule has 0 N–H and O–H groups in total. The van der Waals surface area contributed by atoms with Gasteiger partial charge in [0.2, 0.25) is 0 Å². The Labute approximate surface area is 307 Å². The molecule has 0 radical (unpaired) electrons. The predicted octanol–water partition coefficient (Wildman–Crippen LogP) is 6.33. The molecular formula is C38H35ClF3N8O3+. The SMILES string of the molecule is CN(c1nc(OCC23CCCN2C[C@H](F)C3)nc2c(F)c(-c3cccc4cccc(Cl)c34)ncc12)[C@@H]1CC=[N+](C(=O)/C=C/c2nc([C@H]3C[C@@H]3F)no2)C1. The molecule has 3 fully saturated rings. The highest BCUT2D eigenvalue weighted by Gasteiger charge is 2.49. The van der Waals surface area contributed by atoms with Crippen molar-refractivity contribution in [3.63, 3.8) is 0 Å². The van der Waals surface area contributed by atoms with Crippen LogP contribution in [0.15, 0.2) is 53.2 Å². The maximum atomic E-state index is 16.9. The molecular weight excluding hydrogens is 709 g/mol. The Kier molecular flexibility index (Phi) is 8.41. The van der Waals surface area contributed by atoms with Gasteiger partial charge in [0.15, 0.2) is 24.4 Å². The Morgan fingerprint density at radius 1 is 1.21 bits per heavy atom. The second kappa shape index (κ2) is 13.2. The zero-order chi connectivity index (χ0) is 36.4. The quantitative estimate of drug-likeness (QED) is 0.125. The number of anilines is 1. The highest BCUT2D eigenvalue weighted by Crippen LogP contribution is 2.43. The number of carbonyl (C=O) groups excluding carboxylic acids is 1. The van der Waals surface area contributed by atoms with Gasteiger partial charge in [-0.05, 0) is 37.3 Å². The van der Waals surface area contributed by atoms with Gasteiger partial charge in [-0.1, -0.05) is 47.1 Å². The highest BCUT2D eigenvalue weighted by molar-refractivity contribution is 6.36. The minimum atomic E-state index is -0.958. The summed E-state index contributed by atoms with van der Waals surface area (Å²) < 4.78 is 57.8. The van der Waals surface area contributed by atoms with Gasteiger partial charge >= 0.3 is 11.9 Å². The predicted molar refractivity (Wildman–Crippen MR) is 192 cm³/mol. The van der Waals surface area contributed by atoms with E-state index < -0.39 is 23.7 Å². The van der Waals surface area contributed by atoms with E-state index in [4.69, 9.17) is 25.8 Å². The monoisotopic (exact) mass is 743 g/mol. The van der Waals surface area contributed by atoms with Crippen molar-refractivity contribution >= 4 is 57.3 Å². The van der Waals surface area contributed by atoms with Gasteiger partial charge in [0.1, 0.15) is 36.0 Å². The van der Waals surface area contributed by atoms with Crippen LogP contribution < -0.4 is 9.64 Å². The summed E-state index contributed by atoms with van der Waals surface area (Å²) >= 11 is 6.62. The number of alkyl halides is 2. The summed E-state index contributed by atoms with van der Waals surface area (Å²) in [6.45, 7) is 1.64.